The monoisotopic (exact) mass is 196 g/mol. The number of rotatable bonds is 3. The summed E-state index contributed by atoms with van der Waals surface area (Å²) < 4.78 is 0. The third-order valence-electron chi connectivity index (χ3n) is 3.38. The van der Waals surface area contributed by atoms with E-state index < -0.39 is 0 Å². The molecule has 0 aromatic heterocycles. The lowest BCUT2D eigenvalue weighted by atomic mass is 9.90. The summed E-state index contributed by atoms with van der Waals surface area (Å²) in [5, 5.41) is 3.44. The first-order chi connectivity index (χ1) is 6.70. The molecule has 3 unspecified atom stereocenters. The summed E-state index contributed by atoms with van der Waals surface area (Å²) >= 11 is 0. The van der Waals surface area contributed by atoms with Gasteiger partial charge in [-0.2, -0.15) is 0 Å². The minimum Gasteiger partial charge on any atom is -0.339 e. The molecule has 2 bridgehead atoms. The van der Waals surface area contributed by atoms with Crippen molar-refractivity contribution in [2.45, 2.75) is 45.2 Å². The number of hydrogen-bond donors (Lipinski definition) is 1. The Labute approximate surface area is 85.8 Å². The molecule has 0 aliphatic carbocycles. The van der Waals surface area contributed by atoms with E-state index in [1.807, 2.05) is 0 Å². The number of carbonyl (C=O) groups excluding carboxylic acids is 1. The Balaban J connectivity index is 1.85. The van der Waals surface area contributed by atoms with Crippen molar-refractivity contribution in [3.8, 4) is 0 Å². The number of amides is 1. The van der Waals surface area contributed by atoms with Crippen LogP contribution in [0, 0.1) is 5.92 Å². The molecule has 3 aliphatic heterocycles. The molecule has 1 N–H and O–H groups in total. The van der Waals surface area contributed by atoms with Crippen molar-refractivity contribution in [3.05, 3.63) is 0 Å². The molecule has 3 heteroatoms. The van der Waals surface area contributed by atoms with Crippen LogP contribution < -0.4 is 5.32 Å². The van der Waals surface area contributed by atoms with Gasteiger partial charge in [0.2, 0.25) is 5.91 Å². The van der Waals surface area contributed by atoms with E-state index in [-0.39, 0.29) is 5.92 Å². The second-order valence-electron chi connectivity index (χ2n) is 4.73. The maximum absolute atomic E-state index is 12.0. The molecule has 1 amide bonds. The molecule has 0 spiro atoms. The standard InChI is InChI=1S/C11H20N2O/c1-3-4-8(2)11(14)13-6-9-5-10(7-13)12-9/h8-10,12H,3-7H2,1-2H3. The van der Waals surface area contributed by atoms with Crippen molar-refractivity contribution in [2.75, 3.05) is 13.1 Å². The second-order valence-corrected chi connectivity index (χ2v) is 4.73. The molecule has 14 heavy (non-hydrogen) atoms. The largest absolute Gasteiger partial charge is 0.339 e. The normalized spacial score (nSPS) is 32.3. The van der Waals surface area contributed by atoms with Gasteiger partial charge in [0.15, 0.2) is 0 Å². The highest BCUT2D eigenvalue weighted by Crippen LogP contribution is 2.22. The van der Waals surface area contributed by atoms with E-state index in [1.165, 1.54) is 6.42 Å². The van der Waals surface area contributed by atoms with Gasteiger partial charge in [-0.05, 0) is 12.8 Å². The predicted octanol–water partition coefficient (Wildman–Crippen LogP) is 0.995. The Kier molecular flexibility index (Phi) is 2.77. The lowest BCUT2D eigenvalue weighted by molar-refractivity contribution is -0.139. The van der Waals surface area contributed by atoms with Crippen LogP contribution in [0.2, 0.25) is 0 Å². The van der Waals surface area contributed by atoms with E-state index >= 15 is 0 Å². The molecule has 80 valence electrons. The highest BCUT2D eigenvalue weighted by atomic mass is 16.2. The molecule has 0 radical (unpaired) electrons. The summed E-state index contributed by atoms with van der Waals surface area (Å²) in [6, 6.07) is 1.18. The van der Waals surface area contributed by atoms with Crippen molar-refractivity contribution in [1.29, 1.82) is 0 Å². The summed E-state index contributed by atoms with van der Waals surface area (Å²) in [6.45, 7) is 6.06. The van der Waals surface area contributed by atoms with Crippen LogP contribution in [0.5, 0.6) is 0 Å². The van der Waals surface area contributed by atoms with E-state index in [0.717, 1.165) is 25.9 Å². The first-order valence-corrected chi connectivity index (χ1v) is 5.75. The lowest BCUT2D eigenvalue weighted by Crippen LogP contribution is -2.68. The first-order valence-electron chi connectivity index (χ1n) is 5.75. The Hall–Kier alpha value is -0.570. The molecule has 3 heterocycles. The first kappa shape index (κ1) is 9.97. The summed E-state index contributed by atoms with van der Waals surface area (Å²) in [4.78, 5) is 14.0. The van der Waals surface area contributed by atoms with Gasteiger partial charge < -0.3 is 10.2 Å². The zero-order valence-electron chi connectivity index (χ0n) is 9.12. The van der Waals surface area contributed by atoms with Gasteiger partial charge in [-0.3, -0.25) is 4.79 Å². The van der Waals surface area contributed by atoms with E-state index in [1.54, 1.807) is 0 Å². The van der Waals surface area contributed by atoms with Gasteiger partial charge in [0, 0.05) is 31.1 Å². The Morgan fingerprint density at radius 2 is 2.07 bits per heavy atom. The highest BCUT2D eigenvalue weighted by molar-refractivity contribution is 5.78. The van der Waals surface area contributed by atoms with Crippen LogP contribution in [0.3, 0.4) is 0 Å². The van der Waals surface area contributed by atoms with Crippen LogP contribution in [-0.2, 0) is 4.79 Å². The summed E-state index contributed by atoms with van der Waals surface area (Å²) in [5.41, 5.74) is 0. The van der Waals surface area contributed by atoms with Gasteiger partial charge in [-0.25, -0.2) is 0 Å². The topological polar surface area (TPSA) is 32.3 Å². The van der Waals surface area contributed by atoms with Gasteiger partial charge >= 0.3 is 0 Å². The molecule has 3 atom stereocenters. The van der Waals surface area contributed by atoms with Crippen LogP contribution >= 0.6 is 0 Å². The summed E-state index contributed by atoms with van der Waals surface area (Å²) in [7, 11) is 0. The zero-order valence-corrected chi connectivity index (χ0v) is 9.12. The van der Waals surface area contributed by atoms with Crippen molar-refractivity contribution in [3.63, 3.8) is 0 Å². The molecule has 3 rings (SSSR count). The average Bonchev–Trinajstić information content (AvgIpc) is 2.16. The molecule has 3 aliphatic rings. The number of carbonyl (C=O) groups is 1. The minimum absolute atomic E-state index is 0.220. The number of piperazine rings is 1. The Bertz CT molecular complexity index is 213. The molecule has 0 aromatic rings. The van der Waals surface area contributed by atoms with Crippen molar-refractivity contribution >= 4 is 5.91 Å². The Morgan fingerprint density at radius 3 is 2.57 bits per heavy atom. The number of nitrogens with one attached hydrogen (secondary N) is 1. The molecular weight excluding hydrogens is 176 g/mol. The van der Waals surface area contributed by atoms with Crippen molar-refractivity contribution in [1.82, 2.24) is 10.2 Å². The van der Waals surface area contributed by atoms with Crippen molar-refractivity contribution in [2.24, 2.45) is 5.92 Å². The fourth-order valence-electron chi connectivity index (χ4n) is 2.56. The number of fused-ring (bicyclic) bond motifs is 2. The third kappa shape index (κ3) is 1.78. The average molecular weight is 196 g/mol. The van der Waals surface area contributed by atoms with E-state index in [0.29, 0.717) is 18.0 Å². The van der Waals surface area contributed by atoms with Crippen LogP contribution in [-0.4, -0.2) is 36.0 Å². The summed E-state index contributed by atoms with van der Waals surface area (Å²) in [5.74, 6) is 0.584. The lowest BCUT2D eigenvalue weighted by Gasteiger charge is -2.48. The molecule has 0 aromatic carbocycles. The molecule has 3 nitrogen and oxygen atoms in total. The van der Waals surface area contributed by atoms with Gasteiger partial charge in [-0.1, -0.05) is 20.3 Å². The molecular formula is C11H20N2O. The fourth-order valence-corrected chi connectivity index (χ4v) is 2.56. The van der Waals surface area contributed by atoms with E-state index in [2.05, 4.69) is 24.1 Å². The van der Waals surface area contributed by atoms with Crippen molar-refractivity contribution < 1.29 is 4.79 Å². The van der Waals surface area contributed by atoms with Crippen LogP contribution in [0.1, 0.15) is 33.1 Å². The number of piperidine rings is 1. The quantitative estimate of drug-likeness (QED) is 0.730. The zero-order chi connectivity index (χ0) is 10.1. The van der Waals surface area contributed by atoms with Gasteiger partial charge in [-0.15, -0.1) is 0 Å². The molecule has 3 fully saturated rings. The second kappa shape index (κ2) is 3.89. The SMILES string of the molecule is CCCC(C)C(=O)N1CC2CC(C1)N2. The predicted molar refractivity (Wildman–Crippen MR) is 56.0 cm³/mol. The summed E-state index contributed by atoms with van der Waals surface area (Å²) in [6.07, 6.45) is 3.40. The number of hydrogen-bond acceptors (Lipinski definition) is 2. The van der Waals surface area contributed by atoms with Crippen LogP contribution in [0.25, 0.3) is 0 Å². The van der Waals surface area contributed by atoms with Gasteiger partial charge in [0.25, 0.3) is 0 Å². The van der Waals surface area contributed by atoms with Crippen LogP contribution in [0.4, 0.5) is 0 Å². The fraction of sp³-hybridized carbons (Fsp3) is 0.909. The molecule has 0 saturated carbocycles. The molecule has 3 saturated heterocycles. The van der Waals surface area contributed by atoms with Gasteiger partial charge in [0.1, 0.15) is 0 Å². The van der Waals surface area contributed by atoms with Gasteiger partial charge in [0.05, 0.1) is 0 Å². The Morgan fingerprint density at radius 1 is 1.50 bits per heavy atom. The van der Waals surface area contributed by atoms with E-state index in [9.17, 15) is 4.79 Å². The van der Waals surface area contributed by atoms with Crippen LogP contribution in [0.15, 0.2) is 0 Å². The number of nitrogens with zero attached hydrogens (tertiary/aromatic N) is 1. The highest BCUT2D eigenvalue weighted by Gasteiger charge is 2.38. The maximum atomic E-state index is 12.0. The minimum atomic E-state index is 0.220. The smallest absolute Gasteiger partial charge is 0.225 e. The van der Waals surface area contributed by atoms with E-state index in [4.69, 9.17) is 0 Å². The maximum Gasteiger partial charge on any atom is 0.225 e. The third-order valence-corrected chi connectivity index (χ3v) is 3.38.